The van der Waals surface area contributed by atoms with Gasteiger partial charge in [-0.1, -0.05) is 140 Å². The second kappa shape index (κ2) is 39.7. The van der Waals surface area contributed by atoms with Crippen LogP contribution in [-0.4, -0.2) is 49.5 Å². The average Bonchev–Trinajstić information content (AvgIpc) is 4.07. The van der Waals surface area contributed by atoms with E-state index in [4.69, 9.17) is 57.1 Å². The second-order valence-corrected chi connectivity index (χ2v) is 22.8. The van der Waals surface area contributed by atoms with E-state index >= 15 is 0 Å². The molecular formula is C65H95Cl4N7O. The fourth-order valence-corrected chi connectivity index (χ4v) is 9.38. The molecule has 2 aromatic rings. The van der Waals surface area contributed by atoms with Crippen molar-refractivity contribution in [1.82, 2.24) is 10.6 Å². The smallest absolute Gasteiger partial charge is 0.196 e. The molecule has 0 radical (unpaired) electrons. The van der Waals surface area contributed by atoms with Crippen LogP contribution in [0.2, 0.25) is 20.1 Å². The van der Waals surface area contributed by atoms with Gasteiger partial charge >= 0.3 is 0 Å². The highest BCUT2D eigenvalue weighted by Gasteiger charge is 2.14. The number of carbonyl (C=O) groups is 1. The van der Waals surface area contributed by atoms with Crippen LogP contribution in [0.15, 0.2) is 132 Å². The number of nitrogen functional groups attached to an aromatic ring is 1. The lowest BCUT2D eigenvalue weighted by atomic mass is 10.0. The number of ketones is 1. The standard InChI is InChI=1S/C33H47Cl2N3.C23H38O.C9H10Cl2N4/c1-24(2)11-7-12-25(3)13-8-14-26(4)15-9-16-27(5)17-10-18-28(6)38-29-21-31(34)30(32(35)22-29)23-33-36-19-20-37-33;1-19(2)11-7-12-20(3)13-8-14-21(4)15-9-16-22(5)17-10-18-23(6)24;10-6-3-5(12)4-7(11)8(6)15-9-13-1-2-14-9/h11,13,15,17,21-22H,7-10,12,14,16,18-20,23H2,1-6H3,(H,36,37);11,13,15,17H,7-10,12,14,16,18H2,1-6H3;3-4H,1-2,12H2,(H2,13,14,15)/b25-13+,26-15+,27-17+,38-28?;20-13+,21-15+,22-17+;. The number of nitrogens with two attached hydrogens (primary N) is 1. The first-order valence-electron chi connectivity index (χ1n) is 27.9. The second-order valence-electron chi connectivity index (χ2n) is 21.2. The zero-order chi connectivity index (χ0) is 57.1. The third-order valence-corrected chi connectivity index (χ3v) is 14.1. The number of amidine groups is 1. The molecule has 0 atom stereocenters. The van der Waals surface area contributed by atoms with E-state index in [1.807, 2.05) is 12.1 Å². The van der Waals surface area contributed by atoms with Crippen LogP contribution >= 0.6 is 46.4 Å². The molecule has 5 N–H and O–H groups in total. The summed E-state index contributed by atoms with van der Waals surface area (Å²) in [6.07, 6.45) is 36.6. The number of hydrogen-bond acceptors (Lipinski definition) is 8. The summed E-state index contributed by atoms with van der Waals surface area (Å²) in [4.78, 5) is 24.3. The van der Waals surface area contributed by atoms with E-state index in [1.54, 1.807) is 19.1 Å². The van der Waals surface area contributed by atoms with E-state index in [2.05, 4.69) is 151 Å². The van der Waals surface area contributed by atoms with Crippen molar-refractivity contribution in [3.8, 4) is 0 Å². The number of guanidine groups is 1. The minimum atomic E-state index is 0.277. The number of halogens is 4. The molecule has 2 aliphatic rings. The SMILES string of the molecule is CC(=O)CC/C=C(\C)CC/C=C(\C)CC/C=C(\C)CCC=C(C)C.CC(C)=CCC/C(C)=C/CC/C(C)=C/CC/C(C)=C/CCC(C)=Nc1cc(Cl)c(CC2=NCCN2)c(Cl)c1.Nc1cc(Cl)c(NC2=NCCN2)c(Cl)c1. The van der Waals surface area contributed by atoms with Crippen molar-refractivity contribution in [1.29, 1.82) is 0 Å². The number of allylic oxidation sites excluding steroid dienone is 16. The minimum absolute atomic E-state index is 0.277. The fraction of sp³-hybridized carbons (Fsp3) is 0.508. The molecule has 0 saturated heterocycles. The quantitative estimate of drug-likeness (QED) is 0.0385. The van der Waals surface area contributed by atoms with Crippen molar-refractivity contribution in [2.45, 2.75) is 192 Å². The summed E-state index contributed by atoms with van der Waals surface area (Å²) in [6.45, 7) is 29.1. The molecule has 0 aliphatic carbocycles. The molecule has 2 heterocycles. The van der Waals surface area contributed by atoms with Gasteiger partial charge in [0, 0.05) is 47.4 Å². The van der Waals surface area contributed by atoms with Crippen LogP contribution in [0, 0.1) is 0 Å². The van der Waals surface area contributed by atoms with Crippen molar-refractivity contribution in [3.05, 3.63) is 143 Å². The summed E-state index contributed by atoms with van der Waals surface area (Å²) in [7, 11) is 0. The molecule has 0 fully saturated rings. The number of anilines is 2. The maximum absolute atomic E-state index is 10.9. The van der Waals surface area contributed by atoms with Gasteiger partial charge in [-0.15, -0.1) is 0 Å². The number of rotatable bonds is 28. The normalized spacial score (nSPS) is 14.4. The molecule has 0 spiro atoms. The molecule has 0 saturated carbocycles. The Labute approximate surface area is 486 Å². The Hall–Kier alpha value is -4.60. The molecule has 2 aliphatic heterocycles. The fourth-order valence-electron chi connectivity index (χ4n) is 8.17. The number of nitrogens with zero attached hydrogens (tertiary/aromatic N) is 3. The van der Waals surface area contributed by atoms with Crippen molar-refractivity contribution >= 4 is 86.8 Å². The van der Waals surface area contributed by atoms with Gasteiger partial charge in [0.1, 0.15) is 11.6 Å². The predicted molar refractivity (Wildman–Crippen MR) is 344 cm³/mol. The van der Waals surface area contributed by atoms with E-state index in [-0.39, 0.29) is 5.78 Å². The molecule has 424 valence electrons. The van der Waals surface area contributed by atoms with Gasteiger partial charge < -0.3 is 26.5 Å². The highest BCUT2D eigenvalue weighted by Crippen LogP contribution is 2.33. The Morgan fingerprint density at radius 1 is 0.519 bits per heavy atom. The van der Waals surface area contributed by atoms with Gasteiger partial charge in [-0.25, -0.2) is 0 Å². The molecular weight excluding hydrogens is 1040 g/mol. The average molecular weight is 1130 g/mol. The van der Waals surface area contributed by atoms with Crippen LogP contribution in [0.25, 0.3) is 0 Å². The lowest BCUT2D eigenvalue weighted by Crippen LogP contribution is -2.26. The molecule has 77 heavy (non-hydrogen) atoms. The summed E-state index contributed by atoms with van der Waals surface area (Å²) < 4.78 is 0. The molecule has 12 heteroatoms. The summed E-state index contributed by atoms with van der Waals surface area (Å²) in [6, 6.07) is 7.09. The third kappa shape index (κ3) is 33.4. The van der Waals surface area contributed by atoms with Gasteiger partial charge in [0.15, 0.2) is 5.96 Å². The molecule has 8 nitrogen and oxygen atoms in total. The first kappa shape index (κ1) is 68.5. The zero-order valence-electron chi connectivity index (χ0n) is 49.1. The van der Waals surface area contributed by atoms with E-state index in [0.29, 0.717) is 50.3 Å². The van der Waals surface area contributed by atoms with Gasteiger partial charge in [-0.3, -0.25) is 15.0 Å². The van der Waals surface area contributed by atoms with Crippen LogP contribution in [0.5, 0.6) is 0 Å². The molecule has 0 unspecified atom stereocenters. The first-order chi connectivity index (χ1) is 36.6. The molecule has 4 rings (SSSR count). The first-order valence-corrected chi connectivity index (χ1v) is 29.4. The largest absolute Gasteiger partial charge is 0.399 e. The van der Waals surface area contributed by atoms with Crippen LogP contribution in [0.1, 0.15) is 191 Å². The maximum atomic E-state index is 10.9. The van der Waals surface area contributed by atoms with Crippen molar-refractivity contribution < 1.29 is 4.79 Å². The van der Waals surface area contributed by atoms with Crippen LogP contribution in [0.4, 0.5) is 17.1 Å². The van der Waals surface area contributed by atoms with Gasteiger partial charge in [-0.2, -0.15) is 0 Å². The van der Waals surface area contributed by atoms with Crippen LogP contribution in [0.3, 0.4) is 0 Å². The van der Waals surface area contributed by atoms with Gasteiger partial charge in [0.2, 0.25) is 0 Å². The van der Waals surface area contributed by atoms with Gasteiger partial charge in [0.25, 0.3) is 0 Å². The van der Waals surface area contributed by atoms with Gasteiger partial charge in [-0.05, 0) is 209 Å². The summed E-state index contributed by atoms with van der Waals surface area (Å²) in [5, 5.41) is 11.6. The number of carbonyl (C=O) groups excluding carboxylic acids is 1. The zero-order valence-corrected chi connectivity index (χ0v) is 52.1. The lowest BCUT2D eigenvalue weighted by molar-refractivity contribution is -0.116. The summed E-state index contributed by atoms with van der Waals surface area (Å²) in [5.41, 5.74) is 21.2. The molecule has 2 aromatic carbocycles. The minimum Gasteiger partial charge on any atom is -0.399 e. The predicted octanol–water partition coefficient (Wildman–Crippen LogP) is 20.0. The van der Waals surface area contributed by atoms with Crippen molar-refractivity contribution in [2.75, 3.05) is 37.2 Å². The molecule has 0 aromatic heterocycles. The Bertz CT molecular complexity index is 2480. The van der Waals surface area contributed by atoms with Crippen LogP contribution < -0.4 is 21.7 Å². The molecule has 0 bridgehead atoms. The number of Topliss-reactive ketones (excluding diaryl/α,β-unsaturated/α-hetero) is 1. The Morgan fingerprint density at radius 2 is 0.896 bits per heavy atom. The van der Waals surface area contributed by atoms with E-state index in [0.717, 1.165) is 132 Å². The number of benzene rings is 2. The monoisotopic (exact) mass is 1130 g/mol. The van der Waals surface area contributed by atoms with Gasteiger partial charge in [0.05, 0.1) is 34.5 Å². The Kier molecular flexibility index (Phi) is 35.3. The lowest BCUT2D eigenvalue weighted by Gasteiger charge is -2.11. The summed E-state index contributed by atoms with van der Waals surface area (Å²) >= 11 is 25.1. The third-order valence-electron chi connectivity index (χ3n) is 12.8. The Morgan fingerprint density at radius 3 is 1.26 bits per heavy atom. The Balaban J connectivity index is 0.000000440. The number of hydrogen-bond donors (Lipinski definition) is 4. The highest BCUT2D eigenvalue weighted by molar-refractivity contribution is 6.40. The topological polar surface area (TPSA) is 116 Å². The maximum Gasteiger partial charge on any atom is 0.196 e. The van der Waals surface area contributed by atoms with Crippen molar-refractivity contribution in [3.63, 3.8) is 0 Å². The van der Waals surface area contributed by atoms with Crippen LogP contribution in [-0.2, 0) is 11.2 Å². The van der Waals surface area contributed by atoms with E-state index in [1.165, 1.54) is 57.4 Å². The van der Waals surface area contributed by atoms with E-state index in [9.17, 15) is 4.79 Å². The summed E-state index contributed by atoms with van der Waals surface area (Å²) in [5.74, 6) is 1.91. The number of aliphatic imine (C=N–C) groups is 3. The van der Waals surface area contributed by atoms with E-state index < -0.39 is 0 Å². The number of nitrogens with one attached hydrogen (secondary N) is 3. The van der Waals surface area contributed by atoms with Crippen molar-refractivity contribution in [2.24, 2.45) is 15.0 Å². The highest BCUT2D eigenvalue weighted by atomic mass is 35.5. The molecule has 0 amide bonds.